The highest BCUT2D eigenvalue weighted by Gasteiger charge is 1.99. The predicted octanol–water partition coefficient (Wildman–Crippen LogP) is 4.18. The molecule has 2 heteroatoms. The molecule has 0 atom stereocenters. The van der Waals surface area contributed by atoms with Gasteiger partial charge < -0.3 is 0 Å². The van der Waals surface area contributed by atoms with E-state index in [2.05, 4.69) is 12.1 Å². The van der Waals surface area contributed by atoms with Crippen LogP contribution in [0, 0.1) is 22.7 Å². The molecule has 2 aromatic carbocycles. The number of nitriles is 2. The Hall–Kier alpha value is -3.10. The first kappa shape index (κ1) is 13.3. The zero-order chi connectivity index (χ0) is 14.2. The Morgan fingerprint density at radius 3 is 2.20 bits per heavy atom. The fourth-order valence-electron chi connectivity index (χ4n) is 1.74. The lowest BCUT2D eigenvalue weighted by atomic mass is 10.0. The lowest BCUT2D eigenvalue weighted by molar-refractivity contribution is 1.47. The molecule has 0 aromatic heterocycles. The van der Waals surface area contributed by atoms with Crippen molar-refractivity contribution in [2.45, 2.75) is 0 Å². The summed E-state index contributed by atoms with van der Waals surface area (Å²) in [4.78, 5) is 0. The van der Waals surface area contributed by atoms with Gasteiger partial charge in [-0.25, -0.2) is 0 Å². The minimum atomic E-state index is 0.571. The number of allylic oxidation sites excluding steroid dienone is 3. The maximum absolute atomic E-state index is 9.19. The van der Waals surface area contributed by atoms with Gasteiger partial charge in [-0.05, 0) is 29.3 Å². The van der Waals surface area contributed by atoms with Crippen molar-refractivity contribution in [3.05, 3.63) is 83.4 Å². The first-order valence-corrected chi connectivity index (χ1v) is 6.17. The summed E-state index contributed by atoms with van der Waals surface area (Å²) in [5, 5.41) is 17.9. The van der Waals surface area contributed by atoms with Gasteiger partial charge in [0.25, 0.3) is 0 Å². The number of benzene rings is 2. The third-order valence-electron chi connectivity index (χ3n) is 2.80. The second-order valence-electron chi connectivity index (χ2n) is 4.15. The normalized spacial score (nSPS) is 11.0. The van der Waals surface area contributed by atoms with E-state index in [0.29, 0.717) is 11.1 Å². The Bertz CT molecular complexity index is 709. The first-order chi connectivity index (χ1) is 9.83. The van der Waals surface area contributed by atoms with E-state index in [1.54, 1.807) is 30.3 Å². The van der Waals surface area contributed by atoms with Crippen LogP contribution in [-0.2, 0) is 0 Å². The molecule has 2 aromatic rings. The van der Waals surface area contributed by atoms with Crippen LogP contribution in [-0.4, -0.2) is 0 Å². The van der Waals surface area contributed by atoms with E-state index >= 15 is 0 Å². The maximum Gasteiger partial charge on any atom is 0.0997 e. The number of rotatable bonds is 3. The van der Waals surface area contributed by atoms with Gasteiger partial charge in [0.1, 0.15) is 0 Å². The Morgan fingerprint density at radius 1 is 0.900 bits per heavy atom. The van der Waals surface area contributed by atoms with Crippen LogP contribution in [0.3, 0.4) is 0 Å². The van der Waals surface area contributed by atoms with Crippen LogP contribution >= 0.6 is 0 Å². The molecule has 0 fully saturated rings. The molecule has 0 saturated carbocycles. The van der Waals surface area contributed by atoms with Crippen molar-refractivity contribution < 1.29 is 0 Å². The third-order valence-corrected chi connectivity index (χ3v) is 2.80. The van der Waals surface area contributed by atoms with Crippen LogP contribution in [0.4, 0.5) is 0 Å². The molecule has 0 heterocycles. The molecule has 0 bridgehead atoms. The van der Waals surface area contributed by atoms with Crippen molar-refractivity contribution in [1.29, 1.82) is 10.5 Å². The van der Waals surface area contributed by atoms with E-state index in [9.17, 15) is 5.26 Å². The smallest absolute Gasteiger partial charge is 0.0997 e. The van der Waals surface area contributed by atoms with Crippen LogP contribution in [0.2, 0.25) is 0 Å². The van der Waals surface area contributed by atoms with Crippen molar-refractivity contribution in [2.24, 2.45) is 0 Å². The van der Waals surface area contributed by atoms with E-state index in [-0.39, 0.29) is 0 Å². The van der Waals surface area contributed by atoms with Gasteiger partial charge >= 0.3 is 0 Å². The van der Waals surface area contributed by atoms with Crippen molar-refractivity contribution in [2.75, 3.05) is 0 Å². The maximum atomic E-state index is 9.19. The molecule has 0 saturated heterocycles. The van der Waals surface area contributed by atoms with Gasteiger partial charge in [0.2, 0.25) is 0 Å². The molecule has 0 amide bonds. The van der Waals surface area contributed by atoms with Crippen molar-refractivity contribution in [3.8, 4) is 12.1 Å². The number of nitrogens with zero attached hydrogens (tertiary/aromatic N) is 2. The summed E-state index contributed by atoms with van der Waals surface area (Å²) in [6, 6.07) is 21.1. The highest BCUT2D eigenvalue weighted by Crippen LogP contribution is 2.15. The summed E-state index contributed by atoms with van der Waals surface area (Å²) < 4.78 is 0. The van der Waals surface area contributed by atoms with E-state index in [1.807, 2.05) is 42.5 Å². The summed E-state index contributed by atoms with van der Waals surface area (Å²) in [6.07, 6.45) is 5.57. The SMILES string of the molecule is N#C/C(=C/C=C\c1ccccc1)c1ccc(C#N)cc1. The molecular formula is C18H12N2. The van der Waals surface area contributed by atoms with Gasteiger partial charge in [-0.15, -0.1) is 0 Å². The van der Waals surface area contributed by atoms with Crippen LogP contribution < -0.4 is 0 Å². The molecule has 0 aliphatic heterocycles. The second-order valence-corrected chi connectivity index (χ2v) is 4.15. The standard InChI is InChI=1S/C18H12N2/c19-13-16-9-11-17(12-10-16)18(14-20)8-4-7-15-5-2-1-3-6-15/h1-12H/b7-4-,18-8-. The molecule has 0 spiro atoms. The lowest BCUT2D eigenvalue weighted by Gasteiger charge is -1.97. The van der Waals surface area contributed by atoms with E-state index in [1.165, 1.54) is 0 Å². The van der Waals surface area contributed by atoms with Crippen LogP contribution in [0.25, 0.3) is 11.6 Å². The van der Waals surface area contributed by atoms with Gasteiger partial charge in [-0.2, -0.15) is 10.5 Å². The predicted molar refractivity (Wildman–Crippen MR) is 80.2 cm³/mol. The van der Waals surface area contributed by atoms with Crippen LogP contribution in [0.5, 0.6) is 0 Å². The molecular weight excluding hydrogens is 244 g/mol. The Kier molecular flexibility index (Phi) is 4.49. The number of hydrogen-bond donors (Lipinski definition) is 0. The molecule has 20 heavy (non-hydrogen) atoms. The van der Waals surface area contributed by atoms with E-state index < -0.39 is 0 Å². The minimum absolute atomic E-state index is 0.571. The van der Waals surface area contributed by atoms with Crippen LogP contribution in [0.1, 0.15) is 16.7 Å². The molecule has 0 unspecified atom stereocenters. The highest BCUT2D eigenvalue weighted by atomic mass is 14.3. The average Bonchev–Trinajstić information content (AvgIpc) is 2.53. The fourth-order valence-corrected chi connectivity index (χ4v) is 1.74. The largest absolute Gasteiger partial charge is 0.192 e. The topological polar surface area (TPSA) is 47.6 Å². The molecule has 94 valence electrons. The molecule has 0 aliphatic rings. The molecule has 0 aliphatic carbocycles. The van der Waals surface area contributed by atoms with Crippen molar-refractivity contribution in [1.82, 2.24) is 0 Å². The summed E-state index contributed by atoms with van der Waals surface area (Å²) in [5.41, 5.74) is 3.05. The monoisotopic (exact) mass is 256 g/mol. The summed E-state index contributed by atoms with van der Waals surface area (Å²) in [5.74, 6) is 0. The second kappa shape index (κ2) is 6.73. The molecule has 2 rings (SSSR count). The van der Waals surface area contributed by atoms with Gasteiger partial charge in [-0.3, -0.25) is 0 Å². The fraction of sp³-hybridized carbons (Fsp3) is 0. The lowest BCUT2D eigenvalue weighted by Crippen LogP contribution is -1.81. The van der Waals surface area contributed by atoms with Gasteiger partial charge in [0, 0.05) is 0 Å². The van der Waals surface area contributed by atoms with Gasteiger partial charge in [0.05, 0.1) is 23.3 Å². The van der Waals surface area contributed by atoms with Gasteiger partial charge in [0.15, 0.2) is 0 Å². The Labute approximate surface area is 118 Å². The Morgan fingerprint density at radius 2 is 1.60 bits per heavy atom. The van der Waals surface area contributed by atoms with E-state index in [0.717, 1.165) is 11.1 Å². The zero-order valence-corrected chi connectivity index (χ0v) is 10.8. The summed E-state index contributed by atoms with van der Waals surface area (Å²) in [7, 11) is 0. The third kappa shape index (κ3) is 3.45. The molecule has 2 nitrogen and oxygen atoms in total. The number of hydrogen-bond acceptors (Lipinski definition) is 2. The summed E-state index contributed by atoms with van der Waals surface area (Å²) in [6.45, 7) is 0. The summed E-state index contributed by atoms with van der Waals surface area (Å²) >= 11 is 0. The molecule has 0 N–H and O–H groups in total. The molecule has 0 radical (unpaired) electrons. The van der Waals surface area contributed by atoms with Crippen LogP contribution in [0.15, 0.2) is 66.7 Å². The minimum Gasteiger partial charge on any atom is -0.192 e. The highest BCUT2D eigenvalue weighted by molar-refractivity contribution is 5.78. The van der Waals surface area contributed by atoms with E-state index in [4.69, 9.17) is 5.26 Å². The quantitative estimate of drug-likeness (QED) is 0.611. The van der Waals surface area contributed by atoms with Crippen molar-refractivity contribution >= 4 is 11.6 Å². The first-order valence-electron chi connectivity index (χ1n) is 6.17. The Balaban J connectivity index is 2.20. The van der Waals surface area contributed by atoms with Crippen molar-refractivity contribution in [3.63, 3.8) is 0 Å². The van der Waals surface area contributed by atoms with Gasteiger partial charge in [-0.1, -0.05) is 54.6 Å². The average molecular weight is 256 g/mol. The zero-order valence-electron chi connectivity index (χ0n) is 10.8.